The summed E-state index contributed by atoms with van der Waals surface area (Å²) < 4.78 is 5.64. The molecular weight excluding hydrogens is 350 g/mol. The van der Waals surface area contributed by atoms with Crippen molar-refractivity contribution >= 4 is 17.2 Å². The van der Waals surface area contributed by atoms with Crippen LogP contribution in [0.3, 0.4) is 0 Å². The third kappa shape index (κ3) is 4.95. The average Bonchev–Trinajstić information content (AvgIpc) is 2.66. The van der Waals surface area contributed by atoms with Crippen molar-refractivity contribution in [2.24, 2.45) is 5.41 Å². The molecule has 1 saturated heterocycles. The molecule has 154 valence electrons. The van der Waals surface area contributed by atoms with Gasteiger partial charge in [0.25, 0.3) is 0 Å². The highest BCUT2D eigenvalue weighted by Gasteiger charge is 2.34. The first-order valence-electron chi connectivity index (χ1n) is 10.5. The van der Waals surface area contributed by atoms with Crippen LogP contribution in [0.2, 0.25) is 0 Å². The lowest BCUT2D eigenvalue weighted by molar-refractivity contribution is -0.118. The average molecular weight is 386 g/mol. The summed E-state index contributed by atoms with van der Waals surface area (Å²) in [6, 6.07) is 6.50. The van der Waals surface area contributed by atoms with E-state index in [1.54, 1.807) is 6.92 Å². The first kappa shape index (κ1) is 20.9. The second-order valence-electron chi connectivity index (χ2n) is 9.00. The van der Waals surface area contributed by atoms with E-state index in [1.165, 1.54) is 23.1 Å². The number of anilines is 1. The maximum Gasteiger partial charge on any atom is 0.216 e. The fourth-order valence-corrected chi connectivity index (χ4v) is 4.28. The van der Waals surface area contributed by atoms with E-state index in [2.05, 4.69) is 48.8 Å². The number of amides is 1. The molecule has 0 aromatic heterocycles. The SMILES string of the molecule is CC(=O)NCCNC1(c2ccc(N)c(C3=CCC(C)(C)CC3)c2)CCOCC1. The van der Waals surface area contributed by atoms with Crippen molar-refractivity contribution in [3.05, 3.63) is 35.4 Å². The number of hydrogen-bond donors (Lipinski definition) is 3. The predicted molar refractivity (Wildman–Crippen MR) is 115 cm³/mol. The largest absolute Gasteiger partial charge is 0.398 e. The highest BCUT2D eigenvalue weighted by molar-refractivity contribution is 5.76. The summed E-state index contributed by atoms with van der Waals surface area (Å²) in [6.45, 7) is 9.05. The zero-order chi connectivity index (χ0) is 20.2. The molecule has 0 spiro atoms. The van der Waals surface area contributed by atoms with E-state index < -0.39 is 0 Å². The van der Waals surface area contributed by atoms with Crippen LogP contribution in [0.25, 0.3) is 5.57 Å². The van der Waals surface area contributed by atoms with Gasteiger partial charge in [0.05, 0.1) is 0 Å². The van der Waals surface area contributed by atoms with Gasteiger partial charge in [-0.2, -0.15) is 0 Å². The molecule has 1 aliphatic heterocycles. The molecule has 0 radical (unpaired) electrons. The molecule has 5 heteroatoms. The van der Waals surface area contributed by atoms with Crippen molar-refractivity contribution in [2.45, 2.75) is 58.4 Å². The van der Waals surface area contributed by atoms with Crippen molar-refractivity contribution in [3.63, 3.8) is 0 Å². The van der Waals surface area contributed by atoms with Crippen molar-refractivity contribution < 1.29 is 9.53 Å². The van der Waals surface area contributed by atoms with E-state index >= 15 is 0 Å². The number of allylic oxidation sites excluding steroid dienone is 2. The highest BCUT2D eigenvalue weighted by Crippen LogP contribution is 2.41. The van der Waals surface area contributed by atoms with Gasteiger partial charge in [-0.15, -0.1) is 0 Å². The Morgan fingerprint density at radius 1 is 1.18 bits per heavy atom. The van der Waals surface area contributed by atoms with Gasteiger partial charge in [0, 0.05) is 50.0 Å². The molecule has 1 fully saturated rings. The Balaban J connectivity index is 1.84. The number of carbonyl (C=O) groups excluding carboxylic acids is 1. The van der Waals surface area contributed by atoms with Gasteiger partial charge in [-0.25, -0.2) is 0 Å². The van der Waals surface area contributed by atoms with Crippen LogP contribution in [0.15, 0.2) is 24.3 Å². The van der Waals surface area contributed by atoms with Crippen LogP contribution in [0, 0.1) is 5.41 Å². The second-order valence-corrected chi connectivity index (χ2v) is 9.00. The maximum atomic E-state index is 11.2. The molecule has 4 N–H and O–H groups in total. The zero-order valence-corrected chi connectivity index (χ0v) is 17.6. The van der Waals surface area contributed by atoms with Crippen LogP contribution in [0.4, 0.5) is 5.69 Å². The molecule has 2 aliphatic rings. The predicted octanol–water partition coefficient (Wildman–Crippen LogP) is 3.59. The van der Waals surface area contributed by atoms with Crippen molar-refractivity contribution in [2.75, 3.05) is 32.0 Å². The first-order chi connectivity index (χ1) is 13.3. The van der Waals surface area contributed by atoms with Gasteiger partial charge >= 0.3 is 0 Å². The maximum absolute atomic E-state index is 11.2. The summed E-state index contributed by atoms with van der Waals surface area (Å²) in [4.78, 5) is 11.2. The van der Waals surface area contributed by atoms with Gasteiger partial charge in [-0.1, -0.05) is 26.0 Å². The summed E-state index contributed by atoms with van der Waals surface area (Å²) in [5, 5.41) is 6.59. The van der Waals surface area contributed by atoms with E-state index in [9.17, 15) is 4.79 Å². The van der Waals surface area contributed by atoms with Crippen molar-refractivity contribution in [1.29, 1.82) is 0 Å². The molecule has 1 aliphatic carbocycles. The smallest absolute Gasteiger partial charge is 0.216 e. The Morgan fingerprint density at radius 2 is 1.93 bits per heavy atom. The Labute approximate surface area is 169 Å². The standard InChI is InChI=1S/C23H35N3O2/c1-17(27)25-12-13-26-23(10-14-28-15-11-23)19-4-5-21(24)20(16-19)18-6-8-22(2,3)9-7-18/h4-6,16,26H,7-15,24H2,1-3H3,(H,25,27). The summed E-state index contributed by atoms with van der Waals surface area (Å²) >= 11 is 0. The van der Waals surface area contributed by atoms with E-state index in [-0.39, 0.29) is 11.4 Å². The first-order valence-corrected chi connectivity index (χ1v) is 10.5. The van der Waals surface area contributed by atoms with E-state index in [4.69, 9.17) is 10.5 Å². The molecule has 1 heterocycles. The second kappa shape index (κ2) is 8.66. The lowest BCUT2D eigenvalue weighted by Crippen LogP contribution is -2.49. The van der Waals surface area contributed by atoms with Gasteiger partial charge in [-0.05, 0) is 60.8 Å². The molecule has 1 amide bonds. The molecular formula is C23H35N3O2. The fourth-order valence-electron chi connectivity index (χ4n) is 4.28. The molecule has 0 saturated carbocycles. The van der Waals surface area contributed by atoms with Crippen molar-refractivity contribution in [3.8, 4) is 0 Å². The summed E-state index contributed by atoms with van der Waals surface area (Å²) in [5.74, 6) is 0.00441. The monoisotopic (exact) mass is 385 g/mol. The lowest BCUT2D eigenvalue weighted by Gasteiger charge is -2.39. The number of hydrogen-bond acceptors (Lipinski definition) is 4. The third-order valence-electron chi connectivity index (χ3n) is 6.23. The topological polar surface area (TPSA) is 76.4 Å². The lowest BCUT2D eigenvalue weighted by atomic mass is 9.75. The van der Waals surface area contributed by atoms with Gasteiger partial charge in [0.2, 0.25) is 5.91 Å². The van der Waals surface area contributed by atoms with E-state index in [0.717, 1.165) is 51.1 Å². The molecule has 3 rings (SSSR count). The minimum Gasteiger partial charge on any atom is -0.398 e. The third-order valence-corrected chi connectivity index (χ3v) is 6.23. The Kier molecular flexibility index (Phi) is 6.46. The Bertz CT molecular complexity index is 733. The summed E-state index contributed by atoms with van der Waals surface area (Å²) in [6.07, 6.45) is 7.58. The fraction of sp³-hybridized carbons (Fsp3) is 0.609. The number of ether oxygens (including phenoxy) is 1. The van der Waals surface area contributed by atoms with Crippen LogP contribution >= 0.6 is 0 Å². The molecule has 5 nitrogen and oxygen atoms in total. The molecule has 0 bridgehead atoms. The number of nitrogens with one attached hydrogen (secondary N) is 2. The number of nitrogen functional groups attached to an aromatic ring is 1. The Morgan fingerprint density at radius 3 is 2.57 bits per heavy atom. The van der Waals surface area contributed by atoms with Crippen LogP contribution in [-0.2, 0) is 15.1 Å². The number of nitrogens with two attached hydrogens (primary N) is 1. The van der Waals surface area contributed by atoms with E-state index in [0.29, 0.717) is 12.0 Å². The van der Waals surface area contributed by atoms with Gasteiger partial charge in [0.15, 0.2) is 0 Å². The Hall–Kier alpha value is -1.85. The van der Waals surface area contributed by atoms with Crippen LogP contribution in [0.1, 0.15) is 64.0 Å². The number of benzene rings is 1. The number of rotatable bonds is 6. The quantitative estimate of drug-likeness (QED) is 0.517. The molecule has 1 aromatic carbocycles. The van der Waals surface area contributed by atoms with Crippen LogP contribution < -0.4 is 16.4 Å². The molecule has 1 aromatic rings. The normalized spacial score (nSPS) is 21.0. The van der Waals surface area contributed by atoms with Crippen LogP contribution in [-0.4, -0.2) is 32.2 Å². The molecule has 28 heavy (non-hydrogen) atoms. The summed E-state index contributed by atoms with van der Waals surface area (Å²) in [7, 11) is 0. The van der Waals surface area contributed by atoms with Crippen molar-refractivity contribution in [1.82, 2.24) is 10.6 Å². The van der Waals surface area contributed by atoms with Gasteiger partial charge in [-0.3, -0.25) is 4.79 Å². The molecule has 0 unspecified atom stereocenters. The van der Waals surface area contributed by atoms with Gasteiger partial charge in [0.1, 0.15) is 0 Å². The summed E-state index contributed by atoms with van der Waals surface area (Å²) in [5.41, 5.74) is 11.3. The minimum absolute atomic E-state index is 0.00441. The number of carbonyl (C=O) groups is 1. The zero-order valence-electron chi connectivity index (χ0n) is 17.6. The minimum atomic E-state index is -0.131. The van der Waals surface area contributed by atoms with Crippen LogP contribution in [0.5, 0.6) is 0 Å². The van der Waals surface area contributed by atoms with Gasteiger partial charge < -0.3 is 21.1 Å². The van der Waals surface area contributed by atoms with E-state index in [1.807, 2.05) is 0 Å². The molecule has 0 atom stereocenters. The highest BCUT2D eigenvalue weighted by atomic mass is 16.5.